The summed E-state index contributed by atoms with van der Waals surface area (Å²) in [4.78, 5) is 53.6. The molecule has 4 aromatic carbocycles. The Labute approximate surface area is 240 Å². The lowest BCUT2D eigenvalue weighted by Gasteiger charge is -2.32. The molecule has 42 heavy (non-hydrogen) atoms. The Morgan fingerprint density at radius 3 is 2.29 bits per heavy atom. The van der Waals surface area contributed by atoms with Gasteiger partial charge in [0.15, 0.2) is 0 Å². The molecule has 2 fully saturated rings. The molecule has 2 saturated heterocycles. The van der Waals surface area contributed by atoms with Gasteiger partial charge in [-0.25, -0.2) is 4.90 Å². The van der Waals surface area contributed by atoms with Crippen LogP contribution in [0.1, 0.15) is 22.7 Å². The van der Waals surface area contributed by atoms with Gasteiger partial charge in [0.2, 0.25) is 11.8 Å². The number of benzene rings is 4. The van der Waals surface area contributed by atoms with Crippen LogP contribution >= 0.6 is 0 Å². The van der Waals surface area contributed by atoms with Gasteiger partial charge >= 0.3 is 5.97 Å². The van der Waals surface area contributed by atoms with E-state index < -0.39 is 46.1 Å². The van der Waals surface area contributed by atoms with Gasteiger partial charge < -0.3 is 9.84 Å². The summed E-state index contributed by atoms with van der Waals surface area (Å²) in [6, 6.07) is 22.8. The van der Waals surface area contributed by atoms with Gasteiger partial charge in [0.1, 0.15) is 11.3 Å². The summed E-state index contributed by atoms with van der Waals surface area (Å²) >= 11 is 0. The number of hydrogen-bond acceptors (Lipinski definition) is 7. The number of amides is 2. The average Bonchev–Trinajstić information content (AvgIpc) is 3.46. The monoisotopic (exact) mass is 565 g/mol. The number of imide groups is 1. The van der Waals surface area contributed by atoms with Crippen molar-refractivity contribution in [1.29, 1.82) is 0 Å². The van der Waals surface area contributed by atoms with E-state index in [-0.39, 0.29) is 12.1 Å². The van der Waals surface area contributed by atoms with Crippen LogP contribution in [-0.2, 0) is 20.8 Å². The summed E-state index contributed by atoms with van der Waals surface area (Å²) < 4.78 is 5.55. The van der Waals surface area contributed by atoms with Crippen LogP contribution in [-0.4, -0.2) is 40.5 Å². The van der Waals surface area contributed by atoms with Gasteiger partial charge in [0, 0.05) is 30.0 Å². The van der Waals surface area contributed by atoms with Crippen LogP contribution in [0.4, 0.5) is 11.4 Å². The molecule has 10 nitrogen and oxygen atoms in total. The minimum Gasteiger partial charge on any atom is -0.496 e. The maximum atomic E-state index is 14.2. The molecule has 0 aromatic heterocycles. The zero-order chi connectivity index (χ0) is 29.8. The molecule has 6 rings (SSSR count). The molecule has 4 atom stereocenters. The summed E-state index contributed by atoms with van der Waals surface area (Å²) in [5, 5.41) is 26.8. The highest BCUT2D eigenvalue weighted by molar-refractivity contribution is 6.24. The number of carbonyl (C=O) groups excluding carboxylic acids is 2. The van der Waals surface area contributed by atoms with Gasteiger partial charge in [-0.05, 0) is 41.1 Å². The third kappa shape index (κ3) is 4.02. The van der Waals surface area contributed by atoms with E-state index in [0.29, 0.717) is 28.1 Å². The largest absolute Gasteiger partial charge is 0.496 e. The molecule has 2 aliphatic rings. The highest BCUT2D eigenvalue weighted by Gasteiger charge is 2.68. The number of aliphatic carboxylic acids is 1. The lowest BCUT2D eigenvalue weighted by molar-refractivity contribution is -0.384. The number of para-hydroxylation sites is 1. The number of anilines is 1. The number of rotatable bonds is 7. The SMILES string of the molecule is COc1ccc(C2NC(Cc3ccc([N+](=O)[O-])cc3)(C(=O)O)C3C(=O)N(c4ccccc4C)C(=O)C23)c2ccccc12. The number of nitrogens with zero attached hydrogens (tertiary/aromatic N) is 2. The van der Waals surface area contributed by atoms with Crippen molar-refractivity contribution in [3.05, 3.63) is 112 Å². The second-order valence-electron chi connectivity index (χ2n) is 10.7. The summed E-state index contributed by atoms with van der Waals surface area (Å²) in [7, 11) is 1.56. The highest BCUT2D eigenvalue weighted by Crippen LogP contribution is 2.52. The van der Waals surface area contributed by atoms with Crippen molar-refractivity contribution in [2.45, 2.75) is 24.9 Å². The molecular weight excluding hydrogens is 538 g/mol. The van der Waals surface area contributed by atoms with E-state index in [4.69, 9.17) is 4.74 Å². The first-order valence-electron chi connectivity index (χ1n) is 13.4. The molecule has 2 aliphatic heterocycles. The van der Waals surface area contributed by atoms with Crippen LogP contribution in [0, 0.1) is 28.9 Å². The zero-order valence-electron chi connectivity index (χ0n) is 22.8. The first kappa shape index (κ1) is 27.1. The molecule has 4 unspecified atom stereocenters. The fraction of sp³-hybridized carbons (Fsp3) is 0.219. The fourth-order valence-electron chi connectivity index (χ4n) is 6.56. The van der Waals surface area contributed by atoms with Crippen molar-refractivity contribution < 1.29 is 29.2 Å². The lowest BCUT2D eigenvalue weighted by Crippen LogP contribution is -2.57. The first-order chi connectivity index (χ1) is 20.2. The third-order valence-corrected chi connectivity index (χ3v) is 8.50. The Hall–Kier alpha value is -5.09. The van der Waals surface area contributed by atoms with Crippen molar-refractivity contribution in [2.24, 2.45) is 11.8 Å². The molecule has 212 valence electrons. The zero-order valence-corrected chi connectivity index (χ0v) is 22.8. The predicted molar refractivity (Wildman–Crippen MR) is 154 cm³/mol. The normalized spacial score (nSPS) is 23.3. The molecule has 4 aromatic rings. The van der Waals surface area contributed by atoms with Gasteiger partial charge in [-0.15, -0.1) is 0 Å². The van der Waals surface area contributed by atoms with Crippen molar-refractivity contribution in [1.82, 2.24) is 5.32 Å². The Morgan fingerprint density at radius 1 is 0.976 bits per heavy atom. The maximum absolute atomic E-state index is 14.2. The van der Waals surface area contributed by atoms with Gasteiger partial charge in [-0.3, -0.25) is 29.8 Å². The van der Waals surface area contributed by atoms with Crippen molar-refractivity contribution in [3.63, 3.8) is 0 Å². The standard InChI is InChI=1S/C32H27N3O7/c1-18-7-3-6-10-24(18)34-29(36)26-27(30(34)37)32(31(38)39,17-19-11-13-20(14-12-19)35(40)41)33-28(26)23-15-16-25(42-2)22-9-5-4-8-21(22)23/h3-16,26-28,33H,17H2,1-2H3,(H,38,39). The van der Waals surface area contributed by atoms with Crippen LogP contribution in [0.5, 0.6) is 5.75 Å². The maximum Gasteiger partial charge on any atom is 0.325 e. The molecule has 2 heterocycles. The van der Waals surface area contributed by atoms with E-state index in [9.17, 15) is 29.6 Å². The number of fused-ring (bicyclic) bond motifs is 2. The van der Waals surface area contributed by atoms with Gasteiger partial charge in [0.25, 0.3) is 5.69 Å². The van der Waals surface area contributed by atoms with Gasteiger partial charge in [-0.2, -0.15) is 0 Å². The highest BCUT2D eigenvalue weighted by atomic mass is 16.6. The smallest absolute Gasteiger partial charge is 0.325 e. The van der Waals surface area contributed by atoms with Crippen LogP contribution < -0.4 is 15.0 Å². The number of carboxylic acids is 1. The summed E-state index contributed by atoms with van der Waals surface area (Å²) in [5.41, 5.74) is 0.243. The molecule has 0 aliphatic carbocycles. The summed E-state index contributed by atoms with van der Waals surface area (Å²) in [6.45, 7) is 1.79. The van der Waals surface area contributed by atoms with Gasteiger partial charge in [0.05, 0.1) is 29.6 Å². The Morgan fingerprint density at radius 2 is 1.64 bits per heavy atom. The summed E-state index contributed by atoms with van der Waals surface area (Å²) in [5.74, 6) is -4.02. The number of non-ortho nitro benzene ring substituents is 1. The molecule has 2 amide bonds. The van der Waals surface area contributed by atoms with Crippen molar-refractivity contribution in [2.75, 3.05) is 12.0 Å². The third-order valence-electron chi connectivity index (χ3n) is 8.50. The van der Waals surface area contributed by atoms with E-state index >= 15 is 0 Å². The van der Waals surface area contributed by atoms with Crippen LogP contribution in [0.15, 0.2) is 84.9 Å². The second-order valence-corrected chi connectivity index (χ2v) is 10.7. The quantitative estimate of drug-likeness (QED) is 0.189. The Balaban J connectivity index is 1.54. The molecule has 2 N–H and O–H groups in total. The number of nitro groups is 1. The number of methoxy groups -OCH3 is 1. The van der Waals surface area contributed by atoms with E-state index in [1.165, 1.54) is 24.3 Å². The number of carbonyl (C=O) groups is 3. The fourth-order valence-corrected chi connectivity index (χ4v) is 6.56. The molecular formula is C32H27N3O7. The average molecular weight is 566 g/mol. The lowest BCUT2D eigenvalue weighted by atomic mass is 9.76. The van der Waals surface area contributed by atoms with E-state index in [0.717, 1.165) is 15.7 Å². The topological polar surface area (TPSA) is 139 Å². The van der Waals surface area contributed by atoms with Crippen LogP contribution in [0.3, 0.4) is 0 Å². The molecule has 0 saturated carbocycles. The first-order valence-corrected chi connectivity index (χ1v) is 13.4. The molecule has 0 radical (unpaired) electrons. The summed E-state index contributed by atoms with van der Waals surface area (Å²) in [6.07, 6.45) is -0.174. The number of hydrogen-bond donors (Lipinski definition) is 2. The van der Waals surface area contributed by atoms with E-state index in [1.54, 1.807) is 50.4 Å². The van der Waals surface area contributed by atoms with Gasteiger partial charge in [-0.1, -0.05) is 60.7 Å². The minimum atomic E-state index is -1.88. The number of ether oxygens (including phenoxy) is 1. The molecule has 10 heteroatoms. The molecule has 0 spiro atoms. The Bertz CT molecular complexity index is 1770. The molecule has 0 bridgehead atoms. The number of aryl methyl sites for hydroxylation is 1. The predicted octanol–water partition coefficient (Wildman–Crippen LogP) is 4.58. The Kier molecular flexibility index (Phi) is 6.50. The number of nitrogens with one attached hydrogen (secondary N) is 1. The van der Waals surface area contributed by atoms with Crippen molar-refractivity contribution >= 4 is 39.9 Å². The van der Waals surface area contributed by atoms with Crippen molar-refractivity contribution in [3.8, 4) is 5.75 Å². The van der Waals surface area contributed by atoms with E-state index in [1.807, 2.05) is 24.3 Å². The van der Waals surface area contributed by atoms with Crippen LogP contribution in [0.25, 0.3) is 10.8 Å². The second kappa shape index (κ2) is 10.1. The number of nitro benzene ring substituents is 1. The van der Waals surface area contributed by atoms with E-state index in [2.05, 4.69) is 5.32 Å². The number of carboxylic acid groups (broad SMARTS) is 1. The van der Waals surface area contributed by atoms with Crippen LogP contribution in [0.2, 0.25) is 0 Å². The minimum absolute atomic E-state index is 0.138.